The van der Waals surface area contributed by atoms with Crippen LogP contribution in [0.5, 0.6) is 0 Å². The molecule has 2 aromatic heterocycles. The number of imidazole rings is 1. The van der Waals surface area contributed by atoms with Crippen molar-refractivity contribution in [2.45, 2.75) is 24.5 Å². The van der Waals surface area contributed by atoms with E-state index in [4.69, 9.17) is 10.5 Å². The van der Waals surface area contributed by atoms with Crippen LogP contribution in [-0.4, -0.2) is 79.9 Å². The van der Waals surface area contributed by atoms with E-state index < -0.39 is 30.0 Å². The Labute approximate surface area is 136 Å². The molecule has 1 saturated heterocycles. The molecule has 2 aromatic rings. The van der Waals surface area contributed by atoms with Gasteiger partial charge in [-0.3, -0.25) is 14.3 Å². The van der Waals surface area contributed by atoms with E-state index in [9.17, 15) is 15.0 Å². The summed E-state index contributed by atoms with van der Waals surface area (Å²) in [7, 11) is 3.56. The highest BCUT2D eigenvalue weighted by Crippen LogP contribution is 2.29. The Morgan fingerprint density at radius 1 is 1.58 bits per heavy atom. The Bertz CT molecular complexity index is 814. The summed E-state index contributed by atoms with van der Waals surface area (Å²) in [4.78, 5) is 28.6. The zero-order valence-electron chi connectivity index (χ0n) is 13.2. The van der Waals surface area contributed by atoms with E-state index >= 15 is 0 Å². The average molecular weight is 337 g/mol. The molecule has 1 fully saturated rings. The molecule has 11 heteroatoms. The highest BCUT2D eigenvalue weighted by Gasteiger charge is 2.42. The number of nitrogens with one attached hydrogen (secondary N) is 1. The van der Waals surface area contributed by atoms with Crippen molar-refractivity contribution in [3.63, 3.8) is 0 Å². The highest BCUT2D eigenvalue weighted by atomic mass is 16.5. The maximum Gasteiger partial charge on any atom is 0.280 e. The van der Waals surface area contributed by atoms with E-state index in [1.807, 2.05) is 0 Å². The molecule has 3 heterocycles. The molecule has 0 bridgehead atoms. The molecule has 0 amide bonds. The van der Waals surface area contributed by atoms with Crippen LogP contribution in [0.1, 0.15) is 6.23 Å². The smallest absolute Gasteiger partial charge is 0.280 e. The number of rotatable bonds is 4. The van der Waals surface area contributed by atoms with Crippen molar-refractivity contribution in [3.8, 4) is 0 Å². The summed E-state index contributed by atoms with van der Waals surface area (Å²) in [6.07, 6.45) is 0.142. The van der Waals surface area contributed by atoms with Crippen molar-refractivity contribution in [1.82, 2.24) is 24.4 Å². The standard InChI is InChI=1S/C13H19N7O4/c1-19(2)4-16-13-17-10-8(11(23)18-13)15-5-20(10)12-9(22)7(14)6(3-21)24-12/h4-7,9,12,21-22H,3,14H2,1-2H3,(H,17,18,23)/t6-,7+,9?,12-/m1/s1. The summed E-state index contributed by atoms with van der Waals surface area (Å²) in [5, 5.41) is 19.5. The first-order valence-corrected chi connectivity index (χ1v) is 7.29. The second kappa shape index (κ2) is 6.28. The van der Waals surface area contributed by atoms with Gasteiger partial charge in [0.05, 0.1) is 25.3 Å². The molecule has 1 aliphatic heterocycles. The molecule has 4 atom stereocenters. The molecule has 130 valence electrons. The van der Waals surface area contributed by atoms with Crippen LogP contribution in [0.4, 0.5) is 5.95 Å². The highest BCUT2D eigenvalue weighted by molar-refractivity contribution is 5.71. The number of aromatic amines is 1. The molecular formula is C13H19N7O4. The summed E-state index contributed by atoms with van der Waals surface area (Å²) in [5.41, 5.74) is 5.67. The number of H-pyrrole nitrogens is 1. The van der Waals surface area contributed by atoms with Crippen LogP contribution in [0.25, 0.3) is 11.2 Å². The van der Waals surface area contributed by atoms with Gasteiger partial charge < -0.3 is 25.6 Å². The second-order valence-corrected chi connectivity index (χ2v) is 5.74. The maximum absolute atomic E-state index is 12.1. The fourth-order valence-corrected chi connectivity index (χ4v) is 2.49. The number of hydrogen-bond acceptors (Lipinski definition) is 8. The van der Waals surface area contributed by atoms with E-state index in [1.54, 1.807) is 19.0 Å². The quantitative estimate of drug-likeness (QED) is 0.366. The minimum absolute atomic E-state index is 0.0932. The minimum atomic E-state index is -1.07. The van der Waals surface area contributed by atoms with Crippen LogP contribution in [0.2, 0.25) is 0 Å². The summed E-state index contributed by atoms with van der Waals surface area (Å²) in [5.74, 6) is 0.0958. The fourth-order valence-electron chi connectivity index (χ4n) is 2.49. The molecule has 0 spiro atoms. The molecule has 0 aromatic carbocycles. The van der Waals surface area contributed by atoms with Crippen molar-refractivity contribution >= 4 is 23.5 Å². The Morgan fingerprint density at radius 2 is 2.33 bits per heavy atom. The van der Waals surface area contributed by atoms with E-state index in [-0.39, 0.29) is 23.7 Å². The fraction of sp³-hybridized carbons (Fsp3) is 0.538. The van der Waals surface area contributed by atoms with Crippen molar-refractivity contribution in [3.05, 3.63) is 16.7 Å². The SMILES string of the molecule is CN(C)C=Nc1nc2c(ncn2[C@@H]2O[C@H](CO)[C@H](N)C2O)c(=O)[nH]1. The minimum Gasteiger partial charge on any atom is -0.394 e. The van der Waals surface area contributed by atoms with Crippen LogP contribution in [-0.2, 0) is 4.74 Å². The van der Waals surface area contributed by atoms with Gasteiger partial charge in [0.1, 0.15) is 12.2 Å². The number of aliphatic hydroxyl groups is 2. The summed E-state index contributed by atoms with van der Waals surface area (Å²) in [6, 6.07) is -0.759. The van der Waals surface area contributed by atoms with Crippen molar-refractivity contribution in [1.29, 1.82) is 0 Å². The van der Waals surface area contributed by atoms with Gasteiger partial charge >= 0.3 is 0 Å². The first-order valence-electron chi connectivity index (χ1n) is 7.29. The van der Waals surface area contributed by atoms with E-state index in [0.717, 1.165) is 0 Å². The number of fused-ring (bicyclic) bond motifs is 1. The first-order chi connectivity index (χ1) is 11.4. The van der Waals surface area contributed by atoms with Gasteiger partial charge in [-0.15, -0.1) is 0 Å². The third-order valence-electron chi connectivity index (χ3n) is 3.71. The lowest BCUT2D eigenvalue weighted by atomic mass is 10.1. The zero-order valence-corrected chi connectivity index (χ0v) is 13.2. The van der Waals surface area contributed by atoms with Gasteiger partial charge in [-0.1, -0.05) is 0 Å². The molecule has 1 unspecified atom stereocenters. The largest absolute Gasteiger partial charge is 0.394 e. The Balaban J connectivity index is 2.05. The average Bonchev–Trinajstić information content (AvgIpc) is 3.08. The molecule has 5 N–H and O–H groups in total. The Hall–Kier alpha value is -2.34. The van der Waals surface area contributed by atoms with Gasteiger partial charge in [0.15, 0.2) is 17.4 Å². The summed E-state index contributed by atoms with van der Waals surface area (Å²) >= 11 is 0. The van der Waals surface area contributed by atoms with Gasteiger partial charge in [-0.05, 0) is 0 Å². The summed E-state index contributed by atoms with van der Waals surface area (Å²) in [6.45, 7) is -0.326. The molecule has 24 heavy (non-hydrogen) atoms. The zero-order chi connectivity index (χ0) is 17.4. The van der Waals surface area contributed by atoms with Gasteiger partial charge in [0.2, 0.25) is 5.95 Å². The maximum atomic E-state index is 12.1. The molecule has 0 radical (unpaired) electrons. The van der Waals surface area contributed by atoms with Crippen LogP contribution in [0, 0.1) is 0 Å². The van der Waals surface area contributed by atoms with Gasteiger partial charge in [0.25, 0.3) is 5.56 Å². The normalized spacial score (nSPS) is 27.4. The molecule has 11 nitrogen and oxygen atoms in total. The van der Waals surface area contributed by atoms with E-state index in [1.165, 1.54) is 17.2 Å². The number of aliphatic hydroxyl groups excluding tert-OH is 2. The van der Waals surface area contributed by atoms with Crippen molar-refractivity contribution < 1.29 is 14.9 Å². The number of hydrogen-bond donors (Lipinski definition) is 4. The number of nitrogens with zero attached hydrogens (tertiary/aromatic N) is 5. The number of nitrogens with two attached hydrogens (primary N) is 1. The second-order valence-electron chi connectivity index (χ2n) is 5.74. The number of aromatic nitrogens is 4. The van der Waals surface area contributed by atoms with E-state index in [2.05, 4.69) is 19.9 Å². The Morgan fingerprint density at radius 3 is 2.96 bits per heavy atom. The first kappa shape index (κ1) is 16.5. The molecule has 1 aliphatic rings. The monoisotopic (exact) mass is 337 g/mol. The third kappa shape index (κ3) is 2.78. The summed E-state index contributed by atoms with van der Waals surface area (Å²) < 4.78 is 6.98. The lowest BCUT2D eigenvalue weighted by molar-refractivity contribution is -0.0488. The van der Waals surface area contributed by atoms with E-state index in [0.29, 0.717) is 0 Å². The Kier molecular flexibility index (Phi) is 4.32. The molecule has 0 saturated carbocycles. The van der Waals surface area contributed by atoms with Crippen LogP contribution >= 0.6 is 0 Å². The lowest BCUT2D eigenvalue weighted by Gasteiger charge is -2.16. The molecule has 0 aliphatic carbocycles. The molecule has 3 rings (SSSR count). The third-order valence-corrected chi connectivity index (χ3v) is 3.71. The van der Waals surface area contributed by atoms with Crippen molar-refractivity contribution in [2.24, 2.45) is 10.7 Å². The van der Waals surface area contributed by atoms with Crippen LogP contribution in [0.15, 0.2) is 16.1 Å². The van der Waals surface area contributed by atoms with Crippen LogP contribution < -0.4 is 11.3 Å². The topological polar surface area (TPSA) is 155 Å². The number of aliphatic imine (C=N–C) groups is 1. The van der Waals surface area contributed by atoms with Gasteiger partial charge in [0, 0.05) is 14.1 Å². The number of ether oxygens (including phenoxy) is 1. The van der Waals surface area contributed by atoms with Crippen LogP contribution in [0.3, 0.4) is 0 Å². The van der Waals surface area contributed by atoms with Crippen molar-refractivity contribution in [2.75, 3.05) is 20.7 Å². The predicted molar refractivity (Wildman–Crippen MR) is 85.0 cm³/mol. The molecular weight excluding hydrogens is 318 g/mol. The lowest BCUT2D eigenvalue weighted by Crippen LogP contribution is -2.41. The van der Waals surface area contributed by atoms with Gasteiger partial charge in [-0.25, -0.2) is 9.98 Å². The predicted octanol–water partition coefficient (Wildman–Crippen LogP) is -2.08. The van der Waals surface area contributed by atoms with Gasteiger partial charge in [-0.2, -0.15) is 4.98 Å².